The highest BCUT2D eigenvalue weighted by atomic mass is 35.5. The number of ether oxygens (including phenoxy) is 3. The number of methoxy groups -OCH3 is 1. The van der Waals surface area contributed by atoms with Gasteiger partial charge in [0.2, 0.25) is 0 Å². The first kappa shape index (κ1) is 30.6. The number of nitrogens with two attached hydrogens (primary N) is 1. The van der Waals surface area contributed by atoms with Crippen LogP contribution in [0.25, 0.3) is 10.9 Å². The van der Waals surface area contributed by atoms with Crippen LogP contribution in [0.2, 0.25) is 5.02 Å². The summed E-state index contributed by atoms with van der Waals surface area (Å²) in [7, 11) is 3.09. The van der Waals surface area contributed by atoms with Gasteiger partial charge in [0.25, 0.3) is 0 Å². The molecule has 0 saturated heterocycles. The van der Waals surface area contributed by atoms with Gasteiger partial charge in [-0.25, -0.2) is 14.4 Å². The summed E-state index contributed by atoms with van der Waals surface area (Å²) in [5.74, 6) is 1.95. The molecule has 1 heterocycles. The minimum Gasteiger partial charge on any atom is -0.493 e. The molecule has 0 aliphatic carbocycles. The number of fused-ring (bicyclic) bond motifs is 1. The second-order valence-corrected chi connectivity index (χ2v) is 9.06. The van der Waals surface area contributed by atoms with Crippen LogP contribution < -0.4 is 25.3 Å². The number of hydrogen-bond acceptors (Lipinski definition) is 8. The van der Waals surface area contributed by atoms with Gasteiger partial charge in [0, 0.05) is 23.6 Å². The van der Waals surface area contributed by atoms with Crippen LogP contribution >= 0.6 is 11.6 Å². The standard InChI is InChI=1S/C29H29ClFN3O4.CH5N/c1-36-27-17-25-23(16-28(27)37-13-6-4-2-3-5-12-35)29(33-19-32-25)34-22-10-11-26(24(30)15-22)38-18-20-8-7-9-21(31)14-20;1-2/h7-12,14-17,19H,2-6,13,18H2,1H3,(H,32,33,34);2H2,1H3. The van der Waals surface area contributed by atoms with Gasteiger partial charge in [-0.15, -0.1) is 0 Å². The Balaban J connectivity index is 0.00000216. The Labute approximate surface area is 238 Å². The smallest absolute Gasteiger partial charge is 0.162 e. The van der Waals surface area contributed by atoms with Crippen molar-refractivity contribution >= 4 is 40.3 Å². The van der Waals surface area contributed by atoms with Crippen LogP contribution in [0.5, 0.6) is 17.2 Å². The van der Waals surface area contributed by atoms with Crippen LogP contribution in [0.15, 0.2) is 60.9 Å². The lowest BCUT2D eigenvalue weighted by molar-refractivity contribution is -0.107. The molecular weight excluding hydrogens is 535 g/mol. The Hall–Kier alpha value is -3.95. The van der Waals surface area contributed by atoms with E-state index in [1.807, 2.05) is 18.2 Å². The molecule has 0 unspecified atom stereocenters. The van der Waals surface area contributed by atoms with Crippen molar-refractivity contribution in [1.29, 1.82) is 0 Å². The van der Waals surface area contributed by atoms with Gasteiger partial charge in [-0.3, -0.25) is 0 Å². The Kier molecular flexibility index (Phi) is 12.4. The van der Waals surface area contributed by atoms with Crippen LogP contribution in [-0.2, 0) is 11.4 Å². The maximum Gasteiger partial charge on any atom is 0.162 e. The topological polar surface area (TPSA) is 109 Å². The SMILES string of the molecule is CN.COc1cc2ncnc(Nc3ccc(OCc4cccc(F)c4)c(Cl)c3)c2cc1OCCCCCCC=O. The van der Waals surface area contributed by atoms with E-state index in [9.17, 15) is 9.18 Å². The lowest BCUT2D eigenvalue weighted by atomic mass is 10.1. The summed E-state index contributed by atoms with van der Waals surface area (Å²) >= 11 is 6.46. The first-order valence-electron chi connectivity index (χ1n) is 13.0. The number of benzene rings is 3. The van der Waals surface area contributed by atoms with Gasteiger partial charge in [-0.05, 0) is 61.9 Å². The van der Waals surface area contributed by atoms with E-state index in [1.54, 1.807) is 31.4 Å². The zero-order chi connectivity index (χ0) is 28.7. The zero-order valence-electron chi connectivity index (χ0n) is 22.7. The highest BCUT2D eigenvalue weighted by Gasteiger charge is 2.13. The molecule has 0 atom stereocenters. The molecule has 4 aromatic rings. The molecule has 1 aromatic heterocycles. The molecule has 212 valence electrons. The molecule has 40 heavy (non-hydrogen) atoms. The number of hydrogen-bond donors (Lipinski definition) is 2. The van der Waals surface area contributed by atoms with Crippen molar-refractivity contribution in [2.75, 3.05) is 26.1 Å². The molecule has 3 aromatic carbocycles. The van der Waals surface area contributed by atoms with E-state index in [0.717, 1.165) is 37.4 Å². The predicted octanol–water partition coefficient (Wildman–Crippen LogP) is 6.86. The number of halogens is 2. The number of rotatable bonds is 14. The summed E-state index contributed by atoms with van der Waals surface area (Å²) in [6.07, 6.45) is 6.79. The van der Waals surface area contributed by atoms with Gasteiger partial charge in [0.15, 0.2) is 11.5 Å². The van der Waals surface area contributed by atoms with Gasteiger partial charge in [-0.1, -0.05) is 36.6 Å². The molecule has 0 bridgehead atoms. The summed E-state index contributed by atoms with van der Waals surface area (Å²) in [5.41, 5.74) is 6.62. The fourth-order valence-corrected chi connectivity index (χ4v) is 4.16. The summed E-state index contributed by atoms with van der Waals surface area (Å²) in [4.78, 5) is 19.2. The summed E-state index contributed by atoms with van der Waals surface area (Å²) in [6, 6.07) is 15.2. The van der Waals surface area contributed by atoms with Crippen LogP contribution in [0, 0.1) is 5.82 Å². The van der Waals surface area contributed by atoms with Crippen molar-refractivity contribution in [2.24, 2.45) is 5.73 Å². The molecule has 0 aliphatic heterocycles. The highest BCUT2D eigenvalue weighted by molar-refractivity contribution is 6.32. The third kappa shape index (κ3) is 8.79. The summed E-state index contributed by atoms with van der Waals surface area (Å²) in [6.45, 7) is 0.732. The van der Waals surface area contributed by atoms with E-state index in [1.165, 1.54) is 25.5 Å². The first-order chi connectivity index (χ1) is 19.6. The van der Waals surface area contributed by atoms with E-state index >= 15 is 0 Å². The van der Waals surface area contributed by atoms with Crippen molar-refractivity contribution in [3.63, 3.8) is 0 Å². The maximum absolute atomic E-state index is 13.4. The maximum atomic E-state index is 13.4. The molecule has 0 spiro atoms. The Bertz CT molecular complexity index is 1390. The Morgan fingerprint density at radius 1 is 0.950 bits per heavy atom. The second kappa shape index (κ2) is 16.2. The molecule has 10 heteroatoms. The van der Waals surface area contributed by atoms with Crippen molar-refractivity contribution in [3.8, 4) is 17.2 Å². The average molecular weight is 569 g/mol. The number of carbonyl (C=O) groups excluding carboxylic acids is 1. The number of anilines is 2. The zero-order valence-corrected chi connectivity index (χ0v) is 23.4. The normalized spacial score (nSPS) is 10.4. The third-order valence-electron chi connectivity index (χ3n) is 5.87. The molecular formula is C30H34ClFN4O4. The number of aromatic nitrogens is 2. The van der Waals surface area contributed by atoms with Crippen LogP contribution in [0.1, 0.15) is 37.7 Å². The van der Waals surface area contributed by atoms with Gasteiger partial charge in [-0.2, -0.15) is 0 Å². The Morgan fingerprint density at radius 3 is 2.52 bits per heavy atom. The molecule has 0 amide bonds. The van der Waals surface area contributed by atoms with Crippen LogP contribution in [-0.4, -0.2) is 37.0 Å². The number of unbranched alkanes of at least 4 members (excludes halogenated alkanes) is 4. The van der Waals surface area contributed by atoms with E-state index in [2.05, 4.69) is 21.0 Å². The fourth-order valence-electron chi connectivity index (χ4n) is 3.92. The van der Waals surface area contributed by atoms with Crippen LogP contribution in [0.4, 0.5) is 15.9 Å². The number of carbonyl (C=O) groups is 1. The molecule has 0 radical (unpaired) electrons. The average Bonchev–Trinajstić information content (AvgIpc) is 2.97. The first-order valence-corrected chi connectivity index (χ1v) is 13.4. The van der Waals surface area contributed by atoms with Crippen molar-refractivity contribution in [3.05, 3.63) is 77.3 Å². The van der Waals surface area contributed by atoms with Gasteiger partial charge in [0.05, 0.1) is 24.3 Å². The minimum absolute atomic E-state index is 0.199. The number of nitrogens with one attached hydrogen (secondary N) is 1. The predicted molar refractivity (Wildman–Crippen MR) is 156 cm³/mol. The quantitative estimate of drug-likeness (QED) is 0.125. The molecule has 0 fully saturated rings. The van der Waals surface area contributed by atoms with Crippen molar-refractivity contribution in [1.82, 2.24) is 9.97 Å². The highest BCUT2D eigenvalue weighted by Crippen LogP contribution is 2.36. The third-order valence-corrected chi connectivity index (χ3v) is 6.17. The van der Waals surface area contributed by atoms with Crippen molar-refractivity contribution < 1.29 is 23.4 Å². The number of nitrogens with zero attached hydrogens (tertiary/aromatic N) is 2. The largest absolute Gasteiger partial charge is 0.493 e. The van der Waals surface area contributed by atoms with E-state index < -0.39 is 0 Å². The molecule has 0 aliphatic rings. The van der Waals surface area contributed by atoms with Crippen LogP contribution in [0.3, 0.4) is 0 Å². The summed E-state index contributed by atoms with van der Waals surface area (Å²) in [5, 5.41) is 4.46. The lowest BCUT2D eigenvalue weighted by Gasteiger charge is -2.14. The molecule has 3 N–H and O–H groups in total. The summed E-state index contributed by atoms with van der Waals surface area (Å²) < 4.78 is 30.7. The van der Waals surface area contributed by atoms with E-state index in [0.29, 0.717) is 57.9 Å². The van der Waals surface area contributed by atoms with E-state index in [-0.39, 0.29) is 12.4 Å². The van der Waals surface area contributed by atoms with E-state index in [4.69, 9.17) is 25.8 Å². The molecule has 0 saturated carbocycles. The van der Waals surface area contributed by atoms with Crippen molar-refractivity contribution in [2.45, 2.75) is 38.7 Å². The molecule has 8 nitrogen and oxygen atoms in total. The fraction of sp³-hybridized carbons (Fsp3) is 0.300. The van der Waals surface area contributed by atoms with Gasteiger partial charge < -0.3 is 30.1 Å². The number of aldehydes is 1. The monoisotopic (exact) mass is 568 g/mol. The lowest BCUT2D eigenvalue weighted by Crippen LogP contribution is -2.02. The second-order valence-electron chi connectivity index (χ2n) is 8.65. The molecule has 4 rings (SSSR count). The minimum atomic E-state index is -0.314. The van der Waals surface area contributed by atoms with Gasteiger partial charge >= 0.3 is 0 Å². The Morgan fingerprint density at radius 2 is 1.77 bits per heavy atom. The van der Waals surface area contributed by atoms with Gasteiger partial charge in [0.1, 0.15) is 36.6 Å².